The molecule has 0 spiro atoms. The summed E-state index contributed by atoms with van der Waals surface area (Å²) in [6.07, 6.45) is 11.9. The van der Waals surface area contributed by atoms with E-state index in [1.807, 2.05) is 19.1 Å². The van der Waals surface area contributed by atoms with Crippen LogP contribution < -0.4 is 4.74 Å². The van der Waals surface area contributed by atoms with Crippen molar-refractivity contribution in [2.45, 2.75) is 92.9 Å². The summed E-state index contributed by atoms with van der Waals surface area (Å²) in [5, 5.41) is 19.2. The van der Waals surface area contributed by atoms with Gasteiger partial charge < -0.3 is 9.47 Å². The standard InChI is InChI=1S/C38H48F2N2O3/c1-8-9-10-11-25-44-37(43)32-16-13-18-33(27-32)45-30(4)36(31(17-14-23-41)20-22-38(5,6)7)34(21-24-42)29(3)26-28(2)15-12-19-35(39)40/h12-18,20-21,27-28,35H,3,8-11,19,22,25-26H2,1-2,4-7H3/b15-12+,17-14+,31-20-,34-21+,36-30-. The van der Waals surface area contributed by atoms with Crippen molar-refractivity contribution in [1.29, 1.82) is 10.5 Å². The van der Waals surface area contributed by atoms with Crippen LogP contribution in [0, 0.1) is 34.0 Å². The highest BCUT2D eigenvalue weighted by molar-refractivity contribution is 5.89. The minimum atomic E-state index is -2.42. The lowest BCUT2D eigenvalue weighted by molar-refractivity contribution is 0.0497. The monoisotopic (exact) mass is 618 g/mol. The lowest BCUT2D eigenvalue weighted by Crippen LogP contribution is -2.09. The predicted octanol–water partition coefficient (Wildman–Crippen LogP) is 10.8. The van der Waals surface area contributed by atoms with Gasteiger partial charge in [-0.05, 0) is 78.5 Å². The molecule has 0 amide bonds. The molecular weight excluding hydrogens is 570 g/mol. The van der Waals surface area contributed by atoms with E-state index < -0.39 is 12.4 Å². The molecule has 1 atom stereocenters. The van der Waals surface area contributed by atoms with Crippen molar-refractivity contribution in [3.8, 4) is 17.9 Å². The summed E-state index contributed by atoms with van der Waals surface area (Å²) in [6.45, 7) is 16.6. The van der Waals surface area contributed by atoms with Crippen molar-refractivity contribution in [3.63, 3.8) is 0 Å². The van der Waals surface area contributed by atoms with E-state index >= 15 is 0 Å². The third-order valence-electron chi connectivity index (χ3n) is 6.69. The highest BCUT2D eigenvalue weighted by Gasteiger charge is 2.20. The molecule has 5 nitrogen and oxygen atoms in total. The molecule has 0 bridgehead atoms. The number of carbonyl (C=O) groups is 1. The molecule has 1 aromatic rings. The lowest BCUT2D eigenvalue weighted by Gasteiger charge is -2.22. The summed E-state index contributed by atoms with van der Waals surface area (Å²) in [5.41, 5.74) is 2.62. The molecule has 0 heterocycles. The number of esters is 1. The zero-order chi connectivity index (χ0) is 33.8. The van der Waals surface area contributed by atoms with Gasteiger partial charge in [0.15, 0.2) is 0 Å². The number of carbonyl (C=O) groups excluding carboxylic acids is 1. The molecule has 0 radical (unpaired) electrons. The number of halogens is 2. The second-order valence-electron chi connectivity index (χ2n) is 12.2. The summed E-state index contributed by atoms with van der Waals surface area (Å²) in [6, 6.07) is 10.9. The number of ether oxygens (including phenoxy) is 2. The van der Waals surface area contributed by atoms with Crippen LogP contribution >= 0.6 is 0 Å². The summed E-state index contributed by atoms with van der Waals surface area (Å²) < 4.78 is 37.1. The fraction of sp³-hybridized carbons (Fsp3) is 0.447. The maximum atomic E-state index is 12.7. The number of benzene rings is 1. The van der Waals surface area contributed by atoms with Crippen LogP contribution in [0.2, 0.25) is 0 Å². The van der Waals surface area contributed by atoms with Crippen LogP contribution in [0.15, 0.2) is 95.4 Å². The van der Waals surface area contributed by atoms with Gasteiger partial charge >= 0.3 is 5.97 Å². The first-order valence-electron chi connectivity index (χ1n) is 15.5. The molecular formula is C38H48F2N2O3. The number of alkyl halides is 2. The minimum absolute atomic E-state index is 0.0725. The lowest BCUT2D eigenvalue weighted by atomic mass is 9.84. The molecule has 0 saturated carbocycles. The van der Waals surface area contributed by atoms with Crippen LogP contribution in [-0.4, -0.2) is 19.0 Å². The Labute approximate surface area is 268 Å². The number of nitriles is 2. The molecule has 1 aromatic carbocycles. The average Bonchev–Trinajstić information content (AvgIpc) is 2.97. The van der Waals surface area contributed by atoms with Crippen molar-refractivity contribution in [3.05, 3.63) is 101 Å². The van der Waals surface area contributed by atoms with E-state index in [1.54, 1.807) is 43.3 Å². The quantitative estimate of drug-likeness (QED) is 0.0408. The topological polar surface area (TPSA) is 83.1 Å². The average molecular weight is 619 g/mol. The third kappa shape index (κ3) is 15.9. The van der Waals surface area contributed by atoms with E-state index in [9.17, 15) is 24.1 Å². The summed E-state index contributed by atoms with van der Waals surface area (Å²) >= 11 is 0. The summed E-state index contributed by atoms with van der Waals surface area (Å²) in [7, 11) is 0. The Morgan fingerprint density at radius 3 is 2.49 bits per heavy atom. The Kier molecular flexibility index (Phi) is 17.8. The van der Waals surface area contributed by atoms with Gasteiger partial charge in [0.05, 0.1) is 24.3 Å². The van der Waals surface area contributed by atoms with Crippen molar-refractivity contribution in [2.24, 2.45) is 11.3 Å². The van der Waals surface area contributed by atoms with Gasteiger partial charge in [-0.1, -0.05) is 84.8 Å². The number of hydrogen-bond donors (Lipinski definition) is 0. The van der Waals surface area contributed by atoms with Crippen LogP contribution in [0.1, 0.15) is 96.8 Å². The molecule has 45 heavy (non-hydrogen) atoms. The van der Waals surface area contributed by atoms with E-state index in [2.05, 4.69) is 40.3 Å². The Hall–Kier alpha value is -4.23. The fourth-order valence-corrected chi connectivity index (χ4v) is 4.43. The van der Waals surface area contributed by atoms with Crippen LogP contribution in [0.4, 0.5) is 8.78 Å². The zero-order valence-electron chi connectivity index (χ0n) is 27.7. The first-order chi connectivity index (χ1) is 21.3. The zero-order valence-corrected chi connectivity index (χ0v) is 27.7. The highest BCUT2D eigenvalue weighted by Crippen LogP contribution is 2.35. The van der Waals surface area contributed by atoms with Crippen LogP contribution in [0.5, 0.6) is 5.75 Å². The first-order valence-corrected chi connectivity index (χ1v) is 15.5. The number of nitrogens with zero attached hydrogens (tertiary/aromatic N) is 2. The molecule has 1 unspecified atom stereocenters. The number of hydrogen-bond acceptors (Lipinski definition) is 5. The fourth-order valence-electron chi connectivity index (χ4n) is 4.43. The van der Waals surface area contributed by atoms with Crippen LogP contribution in [0.25, 0.3) is 0 Å². The Bertz CT molecular complexity index is 1360. The van der Waals surface area contributed by atoms with Gasteiger partial charge in [0.1, 0.15) is 11.5 Å². The molecule has 0 aromatic heterocycles. The van der Waals surface area contributed by atoms with Gasteiger partial charge in [0.25, 0.3) is 0 Å². The molecule has 0 saturated heterocycles. The second-order valence-corrected chi connectivity index (χ2v) is 12.2. The van der Waals surface area contributed by atoms with Crippen LogP contribution in [0.3, 0.4) is 0 Å². The number of rotatable bonds is 18. The van der Waals surface area contributed by atoms with E-state index in [0.29, 0.717) is 58.8 Å². The highest BCUT2D eigenvalue weighted by atomic mass is 19.3. The van der Waals surface area contributed by atoms with Gasteiger partial charge in [-0.25, -0.2) is 13.6 Å². The van der Waals surface area contributed by atoms with Gasteiger partial charge in [-0.15, -0.1) is 0 Å². The van der Waals surface area contributed by atoms with Gasteiger partial charge in [0, 0.05) is 24.1 Å². The number of allylic oxidation sites excluding steroid dienone is 11. The molecule has 1 rings (SSSR count). The van der Waals surface area contributed by atoms with E-state index in [0.717, 1.165) is 25.7 Å². The largest absolute Gasteiger partial charge is 0.462 e. The maximum Gasteiger partial charge on any atom is 0.338 e. The smallest absolute Gasteiger partial charge is 0.338 e. The normalized spacial score (nSPS) is 13.8. The minimum Gasteiger partial charge on any atom is -0.462 e. The van der Waals surface area contributed by atoms with E-state index in [4.69, 9.17) is 9.47 Å². The van der Waals surface area contributed by atoms with Crippen LogP contribution in [-0.2, 0) is 4.74 Å². The van der Waals surface area contributed by atoms with Crippen molar-refractivity contribution in [1.82, 2.24) is 0 Å². The van der Waals surface area contributed by atoms with Crippen molar-refractivity contribution < 1.29 is 23.0 Å². The Morgan fingerprint density at radius 2 is 1.87 bits per heavy atom. The predicted molar refractivity (Wildman–Crippen MR) is 177 cm³/mol. The SMILES string of the molecule is C=C(CC(C)/C=C/CC(F)F)C(=C\C#N)/C(C(=C\CC(C)(C)C)/C=C/C#N)=C(/C)Oc1cccc(C(=O)OCCCCCC)c1. The molecule has 7 heteroatoms. The molecule has 0 aliphatic rings. The van der Waals surface area contributed by atoms with Gasteiger partial charge in [-0.3, -0.25) is 0 Å². The number of unbranched alkanes of at least 4 members (excludes halogenated alkanes) is 3. The molecule has 0 N–H and O–H groups in total. The summed E-state index contributed by atoms with van der Waals surface area (Å²) in [5.74, 6) is 0.262. The Balaban J connectivity index is 3.61. The van der Waals surface area contributed by atoms with E-state index in [-0.39, 0.29) is 17.8 Å². The van der Waals surface area contributed by atoms with E-state index in [1.165, 1.54) is 18.2 Å². The summed E-state index contributed by atoms with van der Waals surface area (Å²) in [4.78, 5) is 12.7. The molecule has 0 fully saturated rings. The maximum absolute atomic E-state index is 12.7. The Morgan fingerprint density at radius 1 is 1.13 bits per heavy atom. The van der Waals surface area contributed by atoms with Gasteiger partial charge in [-0.2, -0.15) is 10.5 Å². The molecule has 0 aliphatic heterocycles. The van der Waals surface area contributed by atoms with Crippen molar-refractivity contribution in [2.75, 3.05) is 6.61 Å². The first kappa shape index (κ1) is 38.8. The van der Waals surface area contributed by atoms with Crippen molar-refractivity contribution >= 4 is 5.97 Å². The molecule has 0 aliphatic carbocycles. The third-order valence-corrected chi connectivity index (χ3v) is 6.69. The molecule has 242 valence electrons. The second kappa shape index (κ2) is 20.7. The van der Waals surface area contributed by atoms with Gasteiger partial charge in [0.2, 0.25) is 6.43 Å².